The first kappa shape index (κ1) is 16.3. The van der Waals surface area contributed by atoms with E-state index in [4.69, 9.17) is 23.2 Å². The maximum Gasteiger partial charge on any atom is 0.142 e. The van der Waals surface area contributed by atoms with Crippen molar-refractivity contribution in [2.45, 2.75) is 0 Å². The summed E-state index contributed by atoms with van der Waals surface area (Å²) in [5, 5.41) is 0.955. The number of hydrogen-bond acceptors (Lipinski definition) is 2. The zero-order chi connectivity index (χ0) is 18.5. The van der Waals surface area contributed by atoms with Gasteiger partial charge in [-0.15, -0.1) is 0 Å². The highest BCUT2D eigenvalue weighted by Crippen LogP contribution is 2.31. The number of benzene rings is 3. The van der Waals surface area contributed by atoms with Gasteiger partial charge in [-0.25, -0.2) is 14.4 Å². The van der Waals surface area contributed by atoms with Gasteiger partial charge in [0.15, 0.2) is 0 Å². The maximum atomic E-state index is 14.2. The number of imidazole rings is 2. The third-order valence-corrected chi connectivity index (χ3v) is 4.95. The van der Waals surface area contributed by atoms with Crippen molar-refractivity contribution in [2.24, 2.45) is 0 Å². The Balaban J connectivity index is 1.63. The molecule has 2 N–H and O–H groups in total. The van der Waals surface area contributed by atoms with Gasteiger partial charge in [-0.3, -0.25) is 0 Å². The molecular formula is C20H11Cl2FN4. The van der Waals surface area contributed by atoms with E-state index in [1.54, 1.807) is 18.2 Å². The lowest BCUT2D eigenvalue weighted by molar-refractivity contribution is 0.630. The minimum absolute atomic E-state index is 0.260. The number of aromatic nitrogens is 4. The summed E-state index contributed by atoms with van der Waals surface area (Å²) in [4.78, 5) is 15.5. The lowest BCUT2D eigenvalue weighted by Gasteiger charge is -2.01. The minimum Gasteiger partial charge on any atom is -0.338 e. The molecule has 0 saturated heterocycles. The van der Waals surface area contributed by atoms with Crippen molar-refractivity contribution >= 4 is 45.3 Å². The van der Waals surface area contributed by atoms with E-state index >= 15 is 0 Å². The monoisotopic (exact) mass is 396 g/mol. The highest BCUT2D eigenvalue weighted by molar-refractivity contribution is 6.33. The van der Waals surface area contributed by atoms with Crippen molar-refractivity contribution < 1.29 is 4.39 Å². The molecular weight excluding hydrogens is 386 g/mol. The van der Waals surface area contributed by atoms with Crippen LogP contribution in [0.15, 0.2) is 54.6 Å². The second kappa shape index (κ2) is 6.08. The predicted molar refractivity (Wildman–Crippen MR) is 107 cm³/mol. The molecule has 2 aromatic heterocycles. The summed E-state index contributed by atoms with van der Waals surface area (Å²) >= 11 is 12.2. The van der Waals surface area contributed by atoms with E-state index < -0.39 is 5.82 Å². The van der Waals surface area contributed by atoms with E-state index in [0.29, 0.717) is 27.2 Å². The first-order chi connectivity index (χ1) is 13.1. The summed E-state index contributed by atoms with van der Waals surface area (Å²) in [6, 6.07) is 15.8. The third-order valence-electron chi connectivity index (χ3n) is 4.40. The van der Waals surface area contributed by atoms with Crippen LogP contribution in [0.25, 0.3) is 44.8 Å². The molecule has 0 radical (unpaired) electrons. The largest absolute Gasteiger partial charge is 0.338 e. The number of rotatable bonds is 2. The summed E-state index contributed by atoms with van der Waals surface area (Å²) < 4.78 is 14.2. The number of nitrogens with zero attached hydrogens (tertiary/aromatic N) is 2. The number of hydrogen-bond donors (Lipinski definition) is 2. The topological polar surface area (TPSA) is 57.4 Å². The number of aromatic amines is 2. The van der Waals surface area contributed by atoms with Crippen LogP contribution in [0.2, 0.25) is 10.0 Å². The molecule has 0 fully saturated rings. The summed E-state index contributed by atoms with van der Waals surface area (Å²) in [6.45, 7) is 0. The normalized spacial score (nSPS) is 11.5. The molecule has 27 heavy (non-hydrogen) atoms. The molecule has 2 heterocycles. The average Bonchev–Trinajstić information content (AvgIpc) is 3.24. The second-order valence-electron chi connectivity index (χ2n) is 6.16. The third kappa shape index (κ3) is 2.76. The van der Waals surface area contributed by atoms with Gasteiger partial charge in [0.2, 0.25) is 0 Å². The minimum atomic E-state index is -0.420. The Kier molecular flexibility index (Phi) is 3.67. The Morgan fingerprint density at radius 3 is 2.30 bits per heavy atom. The van der Waals surface area contributed by atoms with Crippen molar-refractivity contribution in [3.8, 4) is 22.8 Å². The zero-order valence-electron chi connectivity index (χ0n) is 13.7. The van der Waals surface area contributed by atoms with Gasteiger partial charge >= 0.3 is 0 Å². The van der Waals surface area contributed by atoms with E-state index in [-0.39, 0.29) is 5.56 Å². The molecule has 0 spiro atoms. The molecule has 4 nitrogen and oxygen atoms in total. The molecule has 5 aromatic rings. The molecule has 0 atom stereocenters. The first-order valence-electron chi connectivity index (χ1n) is 8.18. The number of nitrogens with one attached hydrogen (secondary N) is 2. The van der Waals surface area contributed by atoms with E-state index in [0.717, 1.165) is 22.1 Å². The van der Waals surface area contributed by atoms with E-state index in [2.05, 4.69) is 19.9 Å². The van der Waals surface area contributed by atoms with Crippen molar-refractivity contribution in [3.05, 3.63) is 70.5 Å². The SMILES string of the molecule is Fc1cccc(Cl)c1-c1nc2ccc(-c3nc4ccc(Cl)cc4[nH]3)cc2[nH]1. The summed E-state index contributed by atoms with van der Waals surface area (Å²) in [7, 11) is 0. The molecule has 0 unspecified atom stereocenters. The summed E-state index contributed by atoms with van der Waals surface area (Å²) in [5.74, 6) is 0.687. The van der Waals surface area contributed by atoms with Crippen molar-refractivity contribution in [1.82, 2.24) is 19.9 Å². The van der Waals surface area contributed by atoms with Crippen LogP contribution in [0.4, 0.5) is 4.39 Å². The highest BCUT2D eigenvalue weighted by Gasteiger charge is 2.15. The quantitative estimate of drug-likeness (QED) is 0.372. The molecule has 0 aliphatic carbocycles. The van der Waals surface area contributed by atoms with Crippen LogP contribution < -0.4 is 0 Å². The Labute approximate surface area is 163 Å². The molecule has 3 aromatic carbocycles. The molecule has 0 saturated carbocycles. The molecule has 0 bridgehead atoms. The van der Waals surface area contributed by atoms with Gasteiger partial charge in [-0.1, -0.05) is 29.3 Å². The van der Waals surface area contributed by atoms with E-state index in [9.17, 15) is 4.39 Å². The number of H-pyrrole nitrogens is 2. The summed E-state index contributed by atoms with van der Waals surface area (Å²) in [5.41, 5.74) is 4.31. The van der Waals surface area contributed by atoms with Gasteiger partial charge in [0.1, 0.15) is 17.5 Å². The van der Waals surface area contributed by atoms with E-state index in [1.807, 2.05) is 30.3 Å². The van der Waals surface area contributed by atoms with Gasteiger partial charge in [-0.2, -0.15) is 0 Å². The Morgan fingerprint density at radius 2 is 1.48 bits per heavy atom. The van der Waals surface area contributed by atoms with Gasteiger partial charge in [0, 0.05) is 10.6 Å². The lowest BCUT2D eigenvalue weighted by Crippen LogP contribution is -1.87. The lowest BCUT2D eigenvalue weighted by atomic mass is 10.2. The Morgan fingerprint density at radius 1 is 0.778 bits per heavy atom. The Hall–Kier alpha value is -2.89. The predicted octanol–water partition coefficient (Wildman–Crippen LogP) is 6.22. The Bertz CT molecular complexity index is 1300. The fraction of sp³-hybridized carbons (Fsp3) is 0. The molecule has 0 aliphatic heterocycles. The fourth-order valence-electron chi connectivity index (χ4n) is 3.12. The first-order valence-corrected chi connectivity index (χ1v) is 8.94. The standard InChI is InChI=1S/C20H11Cl2FN4/c21-11-5-7-15-17(9-11)26-19(24-15)10-4-6-14-16(8-10)27-20(25-14)18-12(22)2-1-3-13(18)23/h1-9H,(H,24,26)(H,25,27). The van der Waals surface area contributed by atoms with Gasteiger partial charge < -0.3 is 9.97 Å². The number of halogens is 3. The van der Waals surface area contributed by atoms with Crippen LogP contribution in [0.1, 0.15) is 0 Å². The van der Waals surface area contributed by atoms with Crippen molar-refractivity contribution in [1.29, 1.82) is 0 Å². The van der Waals surface area contributed by atoms with Crippen LogP contribution in [0.5, 0.6) is 0 Å². The van der Waals surface area contributed by atoms with Gasteiger partial charge in [0.25, 0.3) is 0 Å². The van der Waals surface area contributed by atoms with Gasteiger partial charge in [0.05, 0.1) is 32.7 Å². The zero-order valence-corrected chi connectivity index (χ0v) is 15.2. The molecule has 7 heteroatoms. The van der Waals surface area contributed by atoms with Gasteiger partial charge in [-0.05, 0) is 48.5 Å². The highest BCUT2D eigenvalue weighted by atomic mass is 35.5. The van der Waals surface area contributed by atoms with Crippen LogP contribution in [-0.2, 0) is 0 Å². The van der Waals surface area contributed by atoms with E-state index in [1.165, 1.54) is 6.07 Å². The fourth-order valence-corrected chi connectivity index (χ4v) is 3.54. The molecule has 132 valence electrons. The molecule has 5 rings (SSSR count). The smallest absolute Gasteiger partial charge is 0.142 e. The van der Waals surface area contributed by atoms with Crippen LogP contribution >= 0.6 is 23.2 Å². The van der Waals surface area contributed by atoms with Crippen molar-refractivity contribution in [3.63, 3.8) is 0 Å². The number of fused-ring (bicyclic) bond motifs is 2. The van der Waals surface area contributed by atoms with Crippen LogP contribution in [-0.4, -0.2) is 19.9 Å². The molecule has 0 amide bonds. The van der Waals surface area contributed by atoms with Crippen molar-refractivity contribution in [2.75, 3.05) is 0 Å². The molecule has 0 aliphatic rings. The van der Waals surface area contributed by atoms with Crippen LogP contribution in [0.3, 0.4) is 0 Å². The maximum absolute atomic E-state index is 14.2. The summed E-state index contributed by atoms with van der Waals surface area (Å²) in [6.07, 6.45) is 0. The second-order valence-corrected chi connectivity index (χ2v) is 7.00. The van der Waals surface area contributed by atoms with Crippen LogP contribution in [0, 0.1) is 5.82 Å². The average molecular weight is 397 g/mol.